The summed E-state index contributed by atoms with van der Waals surface area (Å²) in [5, 5.41) is 7.14. The highest BCUT2D eigenvalue weighted by atomic mass is 35.5. The van der Waals surface area contributed by atoms with Gasteiger partial charge in [-0.3, -0.25) is 4.79 Å². The van der Waals surface area contributed by atoms with Crippen molar-refractivity contribution in [2.75, 3.05) is 43.5 Å². The van der Waals surface area contributed by atoms with Crippen LogP contribution in [0, 0.1) is 0 Å². The molecule has 8 heteroatoms. The molecule has 0 bridgehead atoms. The Labute approximate surface area is 192 Å². The van der Waals surface area contributed by atoms with Gasteiger partial charge in [0.15, 0.2) is 0 Å². The molecular weight excluding hydrogens is 426 g/mol. The molecule has 1 aliphatic rings. The third kappa shape index (κ3) is 5.36. The van der Waals surface area contributed by atoms with Crippen LogP contribution in [0.4, 0.5) is 17.3 Å². The van der Waals surface area contributed by atoms with Gasteiger partial charge in [0, 0.05) is 55.5 Å². The fraction of sp³-hybridized carbons (Fsp3) is 0.292. The first kappa shape index (κ1) is 22.0. The fourth-order valence-electron chi connectivity index (χ4n) is 3.71. The molecule has 4 rings (SSSR count). The van der Waals surface area contributed by atoms with Crippen molar-refractivity contribution in [2.24, 2.45) is 0 Å². The number of nitrogens with zero attached hydrogens (tertiary/aromatic N) is 3. The Kier molecular flexibility index (Phi) is 7.19. The van der Waals surface area contributed by atoms with Crippen molar-refractivity contribution in [1.82, 2.24) is 15.3 Å². The molecule has 3 aromatic rings. The van der Waals surface area contributed by atoms with Gasteiger partial charge in [0.1, 0.15) is 12.0 Å². The lowest BCUT2D eigenvalue weighted by Gasteiger charge is -2.29. The standard InChI is InChI=1S/C24H26ClN5O2/c1-32-22-13-18(16-31)12-19(23(22)25)3-2-17-14-27-24(28-15-17)29-20-4-6-21(7-5-20)30-10-8-26-9-11-30/h4-7,12-16,26H,2-3,8-11H2,1H3,(H,27,28,29). The number of piperazine rings is 1. The van der Waals surface area contributed by atoms with Gasteiger partial charge in [0.2, 0.25) is 5.95 Å². The van der Waals surface area contributed by atoms with Crippen LogP contribution in [0.15, 0.2) is 48.8 Å². The van der Waals surface area contributed by atoms with Crippen molar-refractivity contribution in [3.8, 4) is 5.75 Å². The number of aryl methyl sites for hydroxylation is 2. The maximum absolute atomic E-state index is 11.2. The highest BCUT2D eigenvalue weighted by Crippen LogP contribution is 2.30. The molecule has 1 saturated heterocycles. The summed E-state index contributed by atoms with van der Waals surface area (Å²) in [7, 11) is 1.54. The van der Waals surface area contributed by atoms with E-state index in [1.165, 1.54) is 12.8 Å². The number of benzene rings is 2. The second-order valence-electron chi connectivity index (χ2n) is 7.64. The van der Waals surface area contributed by atoms with E-state index < -0.39 is 0 Å². The van der Waals surface area contributed by atoms with Crippen molar-refractivity contribution in [3.05, 3.63) is 70.5 Å². The summed E-state index contributed by atoms with van der Waals surface area (Å²) < 4.78 is 5.26. The molecule has 32 heavy (non-hydrogen) atoms. The minimum absolute atomic E-state index is 0.505. The zero-order valence-corrected chi connectivity index (χ0v) is 18.7. The van der Waals surface area contributed by atoms with Crippen LogP contribution in [0.1, 0.15) is 21.5 Å². The van der Waals surface area contributed by atoms with Crippen molar-refractivity contribution < 1.29 is 9.53 Å². The van der Waals surface area contributed by atoms with E-state index in [4.69, 9.17) is 16.3 Å². The predicted octanol–water partition coefficient (Wildman–Crippen LogP) is 3.89. The molecule has 0 atom stereocenters. The van der Waals surface area contributed by atoms with Crippen molar-refractivity contribution in [2.45, 2.75) is 12.8 Å². The number of anilines is 3. The molecule has 0 amide bonds. The second kappa shape index (κ2) is 10.4. The molecule has 7 nitrogen and oxygen atoms in total. The number of carbonyl (C=O) groups is 1. The van der Waals surface area contributed by atoms with Gasteiger partial charge in [0.05, 0.1) is 12.1 Å². The molecule has 0 unspecified atom stereocenters. The van der Waals surface area contributed by atoms with E-state index in [1.54, 1.807) is 24.5 Å². The number of halogens is 1. The molecule has 1 fully saturated rings. The van der Waals surface area contributed by atoms with Crippen LogP contribution in [0.3, 0.4) is 0 Å². The molecule has 2 N–H and O–H groups in total. The molecule has 1 aliphatic heterocycles. The summed E-state index contributed by atoms with van der Waals surface area (Å²) in [6.45, 7) is 4.08. The van der Waals surface area contributed by atoms with Crippen LogP contribution in [-0.4, -0.2) is 49.5 Å². The van der Waals surface area contributed by atoms with Gasteiger partial charge >= 0.3 is 0 Å². The summed E-state index contributed by atoms with van der Waals surface area (Å²) in [6, 6.07) is 11.8. The Morgan fingerprint density at radius 2 is 1.84 bits per heavy atom. The van der Waals surface area contributed by atoms with Crippen molar-refractivity contribution in [1.29, 1.82) is 0 Å². The molecule has 166 valence electrons. The first-order valence-electron chi connectivity index (χ1n) is 10.6. The van der Waals surface area contributed by atoms with Gasteiger partial charge in [-0.1, -0.05) is 11.6 Å². The summed E-state index contributed by atoms with van der Waals surface area (Å²) in [6.07, 6.45) is 5.76. The van der Waals surface area contributed by atoms with Crippen LogP contribution in [0.2, 0.25) is 5.02 Å². The average molecular weight is 452 g/mol. The van der Waals surface area contributed by atoms with Gasteiger partial charge in [-0.05, 0) is 60.4 Å². The first-order chi connectivity index (χ1) is 15.7. The van der Waals surface area contributed by atoms with Gasteiger partial charge in [-0.25, -0.2) is 9.97 Å². The van der Waals surface area contributed by atoms with Crippen LogP contribution >= 0.6 is 11.6 Å². The Balaban J connectivity index is 1.36. The zero-order chi connectivity index (χ0) is 22.3. The van der Waals surface area contributed by atoms with Crippen molar-refractivity contribution >= 4 is 35.2 Å². The Morgan fingerprint density at radius 3 is 2.50 bits per heavy atom. The highest BCUT2D eigenvalue weighted by molar-refractivity contribution is 6.33. The largest absolute Gasteiger partial charge is 0.495 e. The molecule has 0 spiro atoms. The Morgan fingerprint density at radius 1 is 1.12 bits per heavy atom. The zero-order valence-electron chi connectivity index (χ0n) is 18.0. The highest BCUT2D eigenvalue weighted by Gasteiger charge is 2.11. The number of ether oxygens (including phenoxy) is 1. The number of rotatable bonds is 8. The minimum Gasteiger partial charge on any atom is -0.495 e. The number of aromatic nitrogens is 2. The van der Waals surface area contributed by atoms with Crippen LogP contribution < -0.4 is 20.3 Å². The van der Waals surface area contributed by atoms with Gasteiger partial charge in [-0.2, -0.15) is 0 Å². The minimum atomic E-state index is 0.505. The summed E-state index contributed by atoms with van der Waals surface area (Å²) in [5.41, 5.74) is 4.56. The molecule has 0 aliphatic carbocycles. The lowest BCUT2D eigenvalue weighted by Crippen LogP contribution is -2.43. The van der Waals surface area contributed by atoms with Crippen LogP contribution in [0.25, 0.3) is 0 Å². The van der Waals surface area contributed by atoms with E-state index in [1.807, 2.05) is 12.1 Å². The van der Waals surface area contributed by atoms with E-state index in [0.717, 1.165) is 49.3 Å². The summed E-state index contributed by atoms with van der Waals surface area (Å²) in [4.78, 5) is 22.4. The van der Waals surface area contributed by atoms with Gasteiger partial charge < -0.3 is 20.3 Å². The number of methoxy groups -OCH3 is 1. The average Bonchev–Trinajstić information content (AvgIpc) is 2.85. The van der Waals surface area contributed by atoms with E-state index >= 15 is 0 Å². The van der Waals surface area contributed by atoms with E-state index in [-0.39, 0.29) is 0 Å². The lowest BCUT2D eigenvalue weighted by molar-refractivity contribution is 0.112. The topological polar surface area (TPSA) is 79.4 Å². The van der Waals surface area contributed by atoms with Gasteiger partial charge in [0.25, 0.3) is 0 Å². The third-order valence-electron chi connectivity index (χ3n) is 5.49. The Bertz CT molecular complexity index is 1050. The van der Waals surface area contributed by atoms with Crippen LogP contribution in [-0.2, 0) is 12.8 Å². The molecule has 1 aromatic heterocycles. The normalized spacial score (nSPS) is 13.6. The predicted molar refractivity (Wildman–Crippen MR) is 128 cm³/mol. The van der Waals surface area contributed by atoms with E-state index in [0.29, 0.717) is 35.1 Å². The van der Waals surface area contributed by atoms with Gasteiger partial charge in [-0.15, -0.1) is 0 Å². The number of nitrogens with one attached hydrogen (secondary N) is 2. The number of hydrogen-bond donors (Lipinski definition) is 2. The third-order valence-corrected chi connectivity index (χ3v) is 5.92. The number of hydrogen-bond acceptors (Lipinski definition) is 7. The monoisotopic (exact) mass is 451 g/mol. The smallest absolute Gasteiger partial charge is 0.227 e. The van der Waals surface area contributed by atoms with Crippen molar-refractivity contribution in [3.63, 3.8) is 0 Å². The molecule has 0 saturated carbocycles. The van der Waals surface area contributed by atoms with E-state index in [2.05, 4.69) is 37.6 Å². The summed E-state index contributed by atoms with van der Waals surface area (Å²) in [5.74, 6) is 1.05. The van der Waals surface area contributed by atoms with Crippen LogP contribution in [0.5, 0.6) is 5.75 Å². The second-order valence-corrected chi connectivity index (χ2v) is 8.02. The summed E-state index contributed by atoms with van der Waals surface area (Å²) >= 11 is 6.39. The number of carbonyl (C=O) groups excluding carboxylic acids is 1. The quantitative estimate of drug-likeness (QED) is 0.503. The molecular formula is C24H26ClN5O2. The first-order valence-corrected chi connectivity index (χ1v) is 11.0. The maximum atomic E-state index is 11.2. The number of aldehydes is 1. The molecule has 2 heterocycles. The SMILES string of the molecule is COc1cc(C=O)cc(CCc2cnc(Nc3ccc(N4CCNCC4)cc3)nc2)c1Cl. The van der Waals surface area contributed by atoms with E-state index in [9.17, 15) is 4.79 Å². The molecule has 0 radical (unpaired) electrons. The lowest BCUT2D eigenvalue weighted by atomic mass is 10.0. The molecule has 2 aromatic carbocycles. The maximum Gasteiger partial charge on any atom is 0.227 e. The Hall–Kier alpha value is -3.16. The fourth-order valence-corrected chi connectivity index (χ4v) is 3.99.